The van der Waals surface area contributed by atoms with Crippen LogP contribution in [0.5, 0.6) is 0 Å². The van der Waals surface area contributed by atoms with Crippen LogP contribution in [0, 0.1) is 11.2 Å². The van der Waals surface area contributed by atoms with Gasteiger partial charge in [-0.2, -0.15) is 0 Å². The number of carbonyl (C=O) groups excluding carboxylic acids is 2. The fourth-order valence-corrected chi connectivity index (χ4v) is 12.0. The number of piperazine rings is 1. The van der Waals surface area contributed by atoms with Gasteiger partial charge in [-0.15, -0.1) is 0 Å². The second-order valence-corrected chi connectivity index (χ2v) is 21.9. The highest BCUT2D eigenvalue weighted by atomic mass is 31.2. The highest BCUT2D eigenvalue weighted by Crippen LogP contribution is 2.42. The highest BCUT2D eigenvalue weighted by molar-refractivity contribution is 7.49. The fraction of sp³-hybridized carbons (Fsp3) is 0.431. The van der Waals surface area contributed by atoms with E-state index in [9.17, 15) is 38.2 Å². The lowest BCUT2D eigenvalue weighted by atomic mass is 9.90. The molecule has 0 bridgehead atoms. The summed E-state index contributed by atoms with van der Waals surface area (Å²) in [5, 5.41) is 19.3. The van der Waals surface area contributed by atoms with Crippen molar-refractivity contribution in [3.63, 3.8) is 0 Å². The van der Waals surface area contributed by atoms with Gasteiger partial charge in [-0.25, -0.2) is 24.0 Å². The number of halogens is 1. The summed E-state index contributed by atoms with van der Waals surface area (Å²) in [6.45, 7) is 17.6. The van der Waals surface area contributed by atoms with Crippen LogP contribution in [-0.4, -0.2) is 102 Å². The van der Waals surface area contributed by atoms with Crippen LogP contribution in [0.2, 0.25) is 0 Å². The van der Waals surface area contributed by atoms with E-state index in [1.807, 2.05) is 18.2 Å². The zero-order valence-corrected chi connectivity index (χ0v) is 42.0. The van der Waals surface area contributed by atoms with Crippen LogP contribution in [-0.2, 0) is 47.9 Å². The van der Waals surface area contributed by atoms with E-state index in [4.69, 9.17) is 4.98 Å². The highest BCUT2D eigenvalue weighted by Gasteiger charge is 2.39. The van der Waals surface area contributed by atoms with Crippen molar-refractivity contribution >= 4 is 53.9 Å². The molecule has 1 atom stereocenters. The second kappa shape index (κ2) is 19.1. The molecule has 9 rings (SSSR count). The molecular weight excluding hydrogens is 929 g/mol. The number of anilines is 6. The molecule has 5 aromatic rings. The van der Waals surface area contributed by atoms with Crippen LogP contribution in [0.25, 0.3) is 11.3 Å². The summed E-state index contributed by atoms with van der Waals surface area (Å²) in [5.74, 6) is -0.770. The topological polar surface area (TPSA) is 214 Å². The molecule has 0 spiro atoms. The average molecular weight is 992 g/mol. The van der Waals surface area contributed by atoms with Gasteiger partial charge < -0.3 is 44.5 Å². The third kappa shape index (κ3) is 10.0. The molecule has 6 N–H and O–H groups in total. The minimum atomic E-state index is -4.62. The number of aryl methyl sites for hydroxylation is 1. The van der Waals surface area contributed by atoms with Crippen LogP contribution < -0.4 is 36.0 Å². The number of pyridine rings is 1. The van der Waals surface area contributed by atoms with E-state index >= 15 is 0 Å². The van der Waals surface area contributed by atoms with Gasteiger partial charge in [0, 0.05) is 111 Å². The lowest BCUT2D eigenvalue weighted by Gasteiger charge is -2.47. The minimum Gasteiger partial charge on any atom is -0.392 e. The Morgan fingerprint density at radius 2 is 1.77 bits per heavy atom. The lowest BCUT2D eigenvalue weighted by Crippen LogP contribution is -2.57. The monoisotopic (exact) mass is 991 g/mol. The quantitative estimate of drug-likeness (QED) is 0.0588. The molecule has 3 aromatic heterocycles. The molecular formula is C51H63FN11O7P. The van der Waals surface area contributed by atoms with Crippen molar-refractivity contribution in [1.82, 2.24) is 29.1 Å². The molecule has 0 unspecified atom stereocenters. The number of rotatable bonds is 13. The summed E-state index contributed by atoms with van der Waals surface area (Å²) >= 11 is 0. The van der Waals surface area contributed by atoms with Crippen molar-refractivity contribution in [3.05, 3.63) is 118 Å². The van der Waals surface area contributed by atoms with E-state index < -0.39 is 37.2 Å². The number of piperidine rings is 1. The van der Waals surface area contributed by atoms with E-state index in [1.165, 1.54) is 28.0 Å². The lowest BCUT2D eigenvalue weighted by molar-refractivity contribution is -0.111. The zero-order valence-electron chi connectivity index (χ0n) is 41.1. The summed E-state index contributed by atoms with van der Waals surface area (Å²) in [6, 6.07) is 14.3. The average Bonchev–Trinajstić information content (AvgIpc) is 3.81. The Balaban J connectivity index is 0.900. The van der Waals surface area contributed by atoms with E-state index in [0.29, 0.717) is 65.4 Å². The first-order chi connectivity index (χ1) is 33.6. The second-order valence-electron chi connectivity index (χ2n) is 20.6. The summed E-state index contributed by atoms with van der Waals surface area (Å²) < 4.78 is 30.2. The van der Waals surface area contributed by atoms with Crippen LogP contribution in [0.3, 0.4) is 0 Å². The number of benzene rings is 2. The first-order valence-corrected chi connectivity index (χ1v) is 25.7. The van der Waals surface area contributed by atoms with Crippen molar-refractivity contribution in [1.29, 1.82) is 0 Å². The number of fused-ring (bicyclic) bond motifs is 3. The summed E-state index contributed by atoms with van der Waals surface area (Å²) in [6.07, 6.45) is 7.94. The summed E-state index contributed by atoms with van der Waals surface area (Å²) in [5.41, 5.74) is 5.58. The van der Waals surface area contributed by atoms with Gasteiger partial charge in [-0.1, -0.05) is 20.4 Å². The van der Waals surface area contributed by atoms with Crippen molar-refractivity contribution in [2.75, 3.05) is 64.6 Å². The number of nitrogens with one attached hydrogen (secondary N) is 3. The SMILES string of the molecule is C=CC(=O)Nc1cc(Nc2nc(-c3ccnc(N4CCn5c(cc6c5CC(C)(C)C6)C4=O)c3CO)cn(C)c2=O)ccc1N1CCN(C2CCN(c3ccc(F)c(C(C)(C)NP(=O)(O)O)c3)CC2)C[C@@H]1C. The smallest absolute Gasteiger partial charge is 0.392 e. The molecule has 20 heteroatoms. The summed E-state index contributed by atoms with van der Waals surface area (Å²) in [4.78, 5) is 77.6. The Labute approximate surface area is 412 Å². The number of nitrogens with zero attached hydrogens (tertiary/aromatic N) is 8. The molecule has 2 fully saturated rings. The molecule has 2 amide bonds. The normalized spacial score (nSPS) is 18.6. The molecule has 0 radical (unpaired) electrons. The predicted molar refractivity (Wildman–Crippen MR) is 273 cm³/mol. The Morgan fingerprint density at radius 1 is 1.01 bits per heavy atom. The molecule has 0 saturated carbocycles. The molecule has 4 aliphatic rings. The first-order valence-electron chi connectivity index (χ1n) is 24.1. The predicted octanol–water partition coefficient (Wildman–Crippen LogP) is 6.03. The van der Waals surface area contributed by atoms with Gasteiger partial charge in [0.05, 0.1) is 29.2 Å². The molecule has 3 aliphatic heterocycles. The standard InChI is InChI=1S/C51H63FN11O7P/c1-8-45(65)55-40-24-33(9-12-42(40)61-20-19-60(28-31(61)2)34-14-17-59(18-15-34)35-10-11-39(52)38(25-35)51(5,6)57-71(68,69)70)54-46-49(67)58(7)29-41(56-46)36-13-16-53-47(37(36)30-64)63-22-21-62-43(48(63)66)23-32-26-50(3,4)27-44(32)62/h8-13,16,23-25,29,31,34,64H,1,14-15,17-22,26-28,30H2,2-7H3,(H,54,56)(H,55,65)(H3,57,68,69,70)/t31-/m0/s1. The Bertz CT molecular complexity index is 3030. The number of amides is 2. The Morgan fingerprint density at radius 3 is 2.48 bits per heavy atom. The molecule has 2 aromatic carbocycles. The Hall–Kier alpha value is -6.21. The van der Waals surface area contributed by atoms with E-state index in [-0.39, 0.29) is 28.7 Å². The number of aromatic nitrogens is 4. The number of aliphatic hydroxyl groups is 1. The molecule has 1 aliphatic carbocycles. The fourth-order valence-electron chi connectivity index (χ4n) is 11.1. The zero-order chi connectivity index (χ0) is 50.7. The van der Waals surface area contributed by atoms with Crippen molar-refractivity contribution < 1.29 is 33.4 Å². The van der Waals surface area contributed by atoms with Crippen LogP contribution in [0.1, 0.15) is 80.3 Å². The molecule has 6 heterocycles. The number of hydrogen-bond donors (Lipinski definition) is 6. The van der Waals surface area contributed by atoms with Gasteiger partial charge in [0.25, 0.3) is 11.5 Å². The number of hydrogen-bond acceptors (Lipinski definition) is 11. The van der Waals surface area contributed by atoms with Crippen LogP contribution in [0.15, 0.2) is 78.4 Å². The van der Waals surface area contributed by atoms with E-state index in [0.717, 1.165) is 63.2 Å². The maximum absolute atomic E-state index is 15.0. The molecule has 376 valence electrons. The van der Waals surface area contributed by atoms with E-state index in [1.54, 1.807) is 62.5 Å². The minimum absolute atomic E-state index is 0.0129. The number of aliphatic hydroxyl groups excluding tert-OH is 1. The van der Waals surface area contributed by atoms with Gasteiger partial charge in [-0.05, 0) is 112 Å². The van der Waals surface area contributed by atoms with Crippen LogP contribution in [0.4, 0.5) is 38.8 Å². The van der Waals surface area contributed by atoms with Crippen molar-refractivity contribution in [3.8, 4) is 11.3 Å². The largest absolute Gasteiger partial charge is 0.401 e. The van der Waals surface area contributed by atoms with Gasteiger partial charge in [0.2, 0.25) is 5.91 Å². The Kier molecular flexibility index (Phi) is 13.4. The molecule has 18 nitrogen and oxygen atoms in total. The van der Waals surface area contributed by atoms with E-state index in [2.05, 4.69) is 67.3 Å². The third-order valence-corrected chi connectivity index (χ3v) is 15.3. The van der Waals surface area contributed by atoms with Gasteiger partial charge in [0.1, 0.15) is 17.3 Å². The summed E-state index contributed by atoms with van der Waals surface area (Å²) in [7, 11) is -3.01. The third-order valence-electron chi connectivity index (χ3n) is 14.5. The maximum Gasteiger partial charge on any atom is 0.401 e. The van der Waals surface area contributed by atoms with Gasteiger partial charge >= 0.3 is 7.75 Å². The molecule has 71 heavy (non-hydrogen) atoms. The van der Waals surface area contributed by atoms with Gasteiger partial charge in [0.15, 0.2) is 5.82 Å². The van der Waals surface area contributed by atoms with Crippen molar-refractivity contribution in [2.45, 2.75) is 91.1 Å². The van der Waals surface area contributed by atoms with Gasteiger partial charge in [-0.3, -0.25) is 24.2 Å². The molecule has 2 saturated heterocycles. The maximum atomic E-state index is 15.0. The van der Waals surface area contributed by atoms with Crippen LogP contribution >= 0.6 is 7.75 Å². The number of carbonyl (C=O) groups is 2. The first kappa shape index (κ1) is 49.8. The van der Waals surface area contributed by atoms with Crippen molar-refractivity contribution in [2.24, 2.45) is 12.5 Å².